The zero-order valence-electron chi connectivity index (χ0n) is 14.2. The van der Waals surface area contributed by atoms with E-state index in [2.05, 4.69) is 17.7 Å². The lowest BCUT2D eigenvalue weighted by atomic mass is 10.1. The van der Waals surface area contributed by atoms with Crippen LogP contribution >= 0.6 is 0 Å². The minimum absolute atomic E-state index is 0.209. The molecule has 1 atom stereocenters. The lowest BCUT2D eigenvalue weighted by molar-refractivity contribution is -0.139. The highest BCUT2D eigenvalue weighted by Gasteiger charge is 1.97. The summed E-state index contributed by atoms with van der Waals surface area (Å²) in [5, 5.41) is 9.80. The summed E-state index contributed by atoms with van der Waals surface area (Å²) in [5.74, 6) is -0.209. The number of aliphatic hydroxyl groups excluding tert-OH is 1. The molecule has 0 aliphatic rings. The van der Waals surface area contributed by atoms with Gasteiger partial charge in [0.2, 0.25) is 0 Å². The Bertz CT molecular complexity index is 343. The lowest BCUT2D eigenvalue weighted by Crippen LogP contribution is -2.00. The van der Waals surface area contributed by atoms with Crippen molar-refractivity contribution in [3.05, 3.63) is 36.5 Å². The molecule has 0 aromatic rings. The Morgan fingerprint density at radius 3 is 2.50 bits per heavy atom. The molecule has 1 N–H and O–H groups in total. The maximum atomic E-state index is 10.9. The van der Waals surface area contributed by atoms with E-state index < -0.39 is 0 Å². The Balaban J connectivity index is 3.52. The van der Waals surface area contributed by atoms with Crippen LogP contribution in [0.1, 0.15) is 64.7 Å². The number of hydrogen-bond donors (Lipinski definition) is 1. The first-order valence-electron chi connectivity index (χ1n) is 8.44. The van der Waals surface area contributed by atoms with Gasteiger partial charge < -0.3 is 9.84 Å². The summed E-state index contributed by atoms with van der Waals surface area (Å²) in [6.45, 7) is 2.20. The standard InChI is InChI=1S/C19H32O3/c1-3-4-5-6-7-9-12-15-18(20)16-13-10-8-11-14-17-19(21)22-2/h7,9,11-12,14-15,18,20H,3-6,8,10,13,16-17H2,1-2H3. The second-order valence-corrected chi connectivity index (χ2v) is 5.41. The first kappa shape index (κ1) is 20.6. The molecule has 3 nitrogen and oxygen atoms in total. The monoisotopic (exact) mass is 308 g/mol. The third-order valence-electron chi connectivity index (χ3n) is 3.35. The molecule has 1 unspecified atom stereocenters. The van der Waals surface area contributed by atoms with Crippen LogP contribution in [0.5, 0.6) is 0 Å². The zero-order valence-corrected chi connectivity index (χ0v) is 14.2. The van der Waals surface area contributed by atoms with Crippen molar-refractivity contribution < 1.29 is 14.6 Å². The van der Waals surface area contributed by atoms with Gasteiger partial charge in [-0.15, -0.1) is 0 Å². The van der Waals surface area contributed by atoms with Crippen molar-refractivity contribution in [1.29, 1.82) is 0 Å². The van der Waals surface area contributed by atoms with E-state index in [1.807, 2.05) is 30.4 Å². The number of carbonyl (C=O) groups is 1. The van der Waals surface area contributed by atoms with Crippen LogP contribution < -0.4 is 0 Å². The summed E-state index contributed by atoms with van der Waals surface area (Å²) in [4.78, 5) is 10.9. The summed E-state index contributed by atoms with van der Waals surface area (Å²) in [6, 6.07) is 0. The molecule has 0 spiro atoms. The van der Waals surface area contributed by atoms with Gasteiger partial charge in [-0.2, -0.15) is 0 Å². The van der Waals surface area contributed by atoms with Gasteiger partial charge in [0.05, 0.1) is 19.6 Å². The molecule has 0 saturated carbocycles. The molecule has 0 radical (unpaired) electrons. The number of esters is 1. The van der Waals surface area contributed by atoms with Crippen molar-refractivity contribution >= 4 is 5.97 Å². The molecule has 0 amide bonds. The maximum absolute atomic E-state index is 10.9. The van der Waals surface area contributed by atoms with Crippen LogP contribution in [0.4, 0.5) is 0 Å². The van der Waals surface area contributed by atoms with Gasteiger partial charge in [-0.3, -0.25) is 4.79 Å². The number of hydrogen-bond acceptors (Lipinski definition) is 3. The van der Waals surface area contributed by atoms with Gasteiger partial charge in [0.1, 0.15) is 0 Å². The molecule has 0 fully saturated rings. The van der Waals surface area contributed by atoms with Gasteiger partial charge >= 0.3 is 5.97 Å². The fourth-order valence-corrected chi connectivity index (χ4v) is 1.97. The number of ether oxygens (including phenoxy) is 1. The van der Waals surface area contributed by atoms with E-state index in [4.69, 9.17) is 0 Å². The Hall–Kier alpha value is -1.35. The van der Waals surface area contributed by atoms with Crippen molar-refractivity contribution in [3.8, 4) is 0 Å². The van der Waals surface area contributed by atoms with Crippen molar-refractivity contribution in [2.24, 2.45) is 0 Å². The van der Waals surface area contributed by atoms with Crippen LogP contribution in [0.3, 0.4) is 0 Å². The molecule has 0 heterocycles. The van der Waals surface area contributed by atoms with Gasteiger partial charge in [0, 0.05) is 0 Å². The largest absolute Gasteiger partial charge is 0.469 e. The van der Waals surface area contributed by atoms with E-state index in [0.29, 0.717) is 6.42 Å². The summed E-state index contributed by atoms with van der Waals surface area (Å²) in [6.07, 6.45) is 20.4. The van der Waals surface area contributed by atoms with Crippen molar-refractivity contribution in [3.63, 3.8) is 0 Å². The Labute approximate surface area is 135 Å². The van der Waals surface area contributed by atoms with Gasteiger partial charge in [0.15, 0.2) is 0 Å². The fourth-order valence-electron chi connectivity index (χ4n) is 1.97. The summed E-state index contributed by atoms with van der Waals surface area (Å²) in [7, 11) is 1.39. The van der Waals surface area contributed by atoms with Crippen LogP contribution in [0.15, 0.2) is 36.5 Å². The number of methoxy groups -OCH3 is 1. The van der Waals surface area contributed by atoms with Gasteiger partial charge in [0.25, 0.3) is 0 Å². The molecular weight excluding hydrogens is 276 g/mol. The van der Waals surface area contributed by atoms with Crippen LogP contribution in [-0.4, -0.2) is 24.3 Å². The molecule has 3 heteroatoms. The molecule has 0 rings (SSSR count). The average molecular weight is 308 g/mol. The Morgan fingerprint density at radius 1 is 1.05 bits per heavy atom. The number of aliphatic hydroxyl groups is 1. The van der Waals surface area contributed by atoms with Gasteiger partial charge in [-0.25, -0.2) is 0 Å². The van der Waals surface area contributed by atoms with Crippen LogP contribution in [0.2, 0.25) is 0 Å². The van der Waals surface area contributed by atoms with E-state index in [-0.39, 0.29) is 12.1 Å². The Morgan fingerprint density at radius 2 is 1.77 bits per heavy atom. The third kappa shape index (κ3) is 15.0. The molecule has 0 bridgehead atoms. The normalized spacial score (nSPS) is 13.4. The highest BCUT2D eigenvalue weighted by atomic mass is 16.5. The molecule has 0 aliphatic carbocycles. The maximum Gasteiger partial charge on any atom is 0.309 e. The number of unbranched alkanes of at least 4 members (excludes halogenated alkanes) is 5. The second kappa shape index (κ2) is 16.0. The van der Waals surface area contributed by atoms with Crippen LogP contribution in [-0.2, 0) is 9.53 Å². The van der Waals surface area contributed by atoms with E-state index in [0.717, 1.165) is 32.1 Å². The summed E-state index contributed by atoms with van der Waals surface area (Å²) in [5.41, 5.74) is 0. The predicted molar refractivity (Wildman–Crippen MR) is 92.7 cm³/mol. The molecule has 22 heavy (non-hydrogen) atoms. The first-order valence-corrected chi connectivity index (χ1v) is 8.44. The van der Waals surface area contributed by atoms with Crippen LogP contribution in [0, 0.1) is 0 Å². The van der Waals surface area contributed by atoms with Gasteiger partial charge in [-0.05, 0) is 32.1 Å². The number of allylic oxidation sites excluding steroid dienone is 4. The third-order valence-corrected chi connectivity index (χ3v) is 3.35. The molecule has 0 aromatic heterocycles. The fraction of sp³-hybridized carbons (Fsp3) is 0.632. The van der Waals surface area contributed by atoms with E-state index >= 15 is 0 Å². The van der Waals surface area contributed by atoms with Crippen LogP contribution in [0.25, 0.3) is 0 Å². The topological polar surface area (TPSA) is 46.5 Å². The van der Waals surface area contributed by atoms with Crippen molar-refractivity contribution in [2.75, 3.05) is 7.11 Å². The van der Waals surface area contributed by atoms with E-state index in [1.54, 1.807) is 0 Å². The molecule has 126 valence electrons. The smallest absolute Gasteiger partial charge is 0.309 e. The Kier molecular flexibility index (Phi) is 15.0. The highest BCUT2D eigenvalue weighted by molar-refractivity contribution is 5.70. The predicted octanol–water partition coefficient (Wildman–Crippen LogP) is 4.72. The summed E-state index contributed by atoms with van der Waals surface area (Å²) < 4.78 is 4.55. The van der Waals surface area contributed by atoms with Gasteiger partial charge in [-0.1, -0.05) is 62.6 Å². The molecule has 0 aliphatic heterocycles. The minimum atomic E-state index is -0.362. The molecule has 0 saturated heterocycles. The number of rotatable bonds is 13. The van der Waals surface area contributed by atoms with E-state index in [9.17, 15) is 9.90 Å². The highest BCUT2D eigenvalue weighted by Crippen LogP contribution is 2.06. The summed E-state index contributed by atoms with van der Waals surface area (Å²) >= 11 is 0. The SMILES string of the molecule is CCCCCC=CC=CC(O)CCCCC=CCC(=O)OC. The minimum Gasteiger partial charge on any atom is -0.469 e. The molecule has 0 aromatic carbocycles. The average Bonchev–Trinajstić information content (AvgIpc) is 2.52. The first-order chi connectivity index (χ1) is 10.7. The number of carbonyl (C=O) groups excluding carboxylic acids is 1. The lowest BCUT2D eigenvalue weighted by Gasteiger charge is -2.03. The second-order valence-electron chi connectivity index (χ2n) is 5.41. The quantitative estimate of drug-likeness (QED) is 0.232. The van der Waals surface area contributed by atoms with E-state index in [1.165, 1.54) is 26.4 Å². The van der Waals surface area contributed by atoms with Crippen molar-refractivity contribution in [2.45, 2.75) is 70.8 Å². The molecular formula is C19H32O3. The zero-order chi connectivity index (χ0) is 16.5. The van der Waals surface area contributed by atoms with Crippen molar-refractivity contribution in [1.82, 2.24) is 0 Å².